The molecule has 0 heterocycles. The molecular weight excluding hydrogens is 200 g/mol. The SMILES string of the molecule is COc1cc(C(C)C)ccc1S(=O)O. The van der Waals surface area contributed by atoms with Gasteiger partial charge in [-0.3, -0.25) is 0 Å². The summed E-state index contributed by atoms with van der Waals surface area (Å²) in [7, 11) is 1.50. The standard InChI is InChI=1S/C10H14O3S/c1-7(2)8-4-5-10(14(11)12)9(6-8)13-3/h4-7H,1-3H3,(H,11,12). The van der Waals surface area contributed by atoms with Gasteiger partial charge in [0.25, 0.3) is 0 Å². The highest BCUT2D eigenvalue weighted by Crippen LogP contribution is 2.26. The molecule has 0 amide bonds. The largest absolute Gasteiger partial charge is 0.495 e. The lowest BCUT2D eigenvalue weighted by molar-refractivity contribution is 0.401. The summed E-state index contributed by atoms with van der Waals surface area (Å²) in [5.74, 6) is 0.849. The fourth-order valence-corrected chi connectivity index (χ4v) is 1.69. The molecule has 1 N–H and O–H groups in total. The fourth-order valence-electron chi connectivity index (χ4n) is 1.19. The third kappa shape index (κ3) is 2.33. The molecule has 0 radical (unpaired) electrons. The summed E-state index contributed by atoms with van der Waals surface area (Å²) in [6.45, 7) is 4.12. The van der Waals surface area contributed by atoms with Crippen molar-refractivity contribution in [2.24, 2.45) is 0 Å². The van der Waals surface area contributed by atoms with Crippen molar-refractivity contribution < 1.29 is 13.5 Å². The van der Waals surface area contributed by atoms with Gasteiger partial charge in [0.2, 0.25) is 0 Å². The second kappa shape index (κ2) is 4.57. The molecule has 0 saturated heterocycles. The third-order valence-electron chi connectivity index (χ3n) is 2.04. The van der Waals surface area contributed by atoms with Gasteiger partial charge in [-0.1, -0.05) is 19.9 Å². The van der Waals surface area contributed by atoms with Crippen LogP contribution in [0.2, 0.25) is 0 Å². The number of hydrogen-bond acceptors (Lipinski definition) is 2. The molecule has 0 saturated carbocycles. The van der Waals surface area contributed by atoms with Crippen molar-refractivity contribution in [3.8, 4) is 5.75 Å². The lowest BCUT2D eigenvalue weighted by atomic mass is 10.0. The Hall–Kier alpha value is -0.870. The summed E-state index contributed by atoms with van der Waals surface area (Å²) >= 11 is -1.99. The van der Waals surface area contributed by atoms with Crippen LogP contribution in [0.1, 0.15) is 25.3 Å². The summed E-state index contributed by atoms with van der Waals surface area (Å²) in [6, 6.07) is 5.27. The van der Waals surface area contributed by atoms with Gasteiger partial charge in [-0.15, -0.1) is 0 Å². The Morgan fingerprint density at radius 3 is 2.50 bits per heavy atom. The maximum Gasteiger partial charge on any atom is 0.190 e. The van der Waals surface area contributed by atoms with Crippen molar-refractivity contribution in [3.05, 3.63) is 23.8 Å². The molecule has 78 valence electrons. The first kappa shape index (κ1) is 11.2. The van der Waals surface area contributed by atoms with Gasteiger partial charge in [-0.25, -0.2) is 4.21 Å². The van der Waals surface area contributed by atoms with Gasteiger partial charge in [0, 0.05) is 0 Å². The molecule has 1 aromatic rings. The number of ether oxygens (including phenoxy) is 1. The lowest BCUT2D eigenvalue weighted by Crippen LogP contribution is -1.97. The Morgan fingerprint density at radius 1 is 1.43 bits per heavy atom. The zero-order chi connectivity index (χ0) is 10.7. The minimum atomic E-state index is -1.99. The molecule has 0 spiro atoms. The van der Waals surface area contributed by atoms with E-state index < -0.39 is 11.1 Å². The molecule has 1 atom stereocenters. The van der Waals surface area contributed by atoms with Crippen LogP contribution < -0.4 is 4.74 Å². The normalized spacial score (nSPS) is 12.9. The second-order valence-electron chi connectivity index (χ2n) is 3.31. The first-order chi connectivity index (χ1) is 6.56. The van der Waals surface area contributed by atoms with E-state index in [-0.39, 0.29) is 0 Å². The van der Waals surface area contributed by atoms with Gasteiger partial charge < -0.3 is 9.29 Å². The number of rotatable bonds is 3. The first-order valence-corrected chi connectivity index (χ1v) is 5.45. The molecule has 4 heteroatoms. The molecule has 14 heavy (non-hydrogen) atoms. The molecule has 0 aliphatic carbocycles. The summed E-state index contributed by atoms with van der Waals surface area (Å²) < 4.78 is 24.9. The Kier molecular flexibility index (Phi) is 3.66. The zero-order valence-corrected chi connectivity index (χ0v) is 9.30. The van der Waals surface area contributed by atoms with E-state index >= 15 is 0 Å². The monoisotopic (exact) mass is 214 g/mol. The van der Waals surface area contributed by atoms with Crippen molar-refractivity contribution in [2.75, 3.05) is 7.11 Å². The highest BCUT2D eigenvalue weighted by atomic mass is 32.2. The van der Waals surface area contributed by atoms with Crippen LogP contribution >= 0.6 is 0 Å². The van der Waals surface area contributed by atoms with E-state index in [9.17, 15) is 4.21 Å². The minimum Gasteiger partial charge on any atom is -0.495 e. The Balaban J connectivity index is 3.18. The van der Waals surface area contributed by atoms with Crippen LogP contribution in [0, 0.1) is 0 Å². The van der Waals surface area contributed by atoms with E-state index in [4.69, 9.17) is 9.29 Å². The summed E-state index contributed by atoms with van der Waals surface area (Å²) in [5.41, 5.74) is 1.09. The fraction of sp³-hybridized carbons (Fsp3) is 0.400. The van der Waals surface area contributed by atoms with Crippen molar-refractivity contribution in [1.82, 2.24) is 0 Å². The number of hydrogen-bond donors (Lipinski definition) is 1. The Morgan fingerprint density at radius 2 is 2.07 bits per heavy atom. The Labute approximate surface area is 86.4 Å². The van der Waals surface area contributed by atoms with Crippen LogP contribution in [-0.2, 0) is 11.1 Å². The molecule has 0 aromatic heterocycles. The predicted molar refractivity (Wildman–Crippen MR) is 56.1 cm³/mol. The van der Waals surface area contributed by atoms with Crippen molar-refractivity contribution >= 4 is 11.1 Å². The molecule has 0 aliphatic rings. The predicted octanol–water partition coefficient (Wildman–Crippen LogP) is 2.40. The molecule has 3 nitrogen and oxygen atoms in total. The van der Waals surface area contributed by atoms with E-state index in [0.717, 1.165) is 5.56 Å². The smallest absolute Gasteiger partial charge is 0.190 e. The first-order valence-electron chi connectivity index (χ1n) is 4.35. The third-order valence-corrected chi connectivity index (χ3v) is 2.76. The van der Waals surface area contributed by atoms with Gasteiger partial charge in [0.05, 0.1) is 7.11 Å². The molecule has 0 fully saturated rings. The van der Waals surface area contributed by atoms with E-state index in [1.165, 1.54) is 7.11 Å². The van der Waals surface area contributed by atoms with Crippen LogP contribution in [0.15, 0.2) is 23.1 Å². The average molecular weight is 214 g/mol. The maximum absolute atomic E-state index is 10.9. The lowest BCUT2D eigenvalue weighted by Gasteiger charge is -2.10. The van der Waals surface area contributed by atoms with Crippen molar-refractivity contribution in [2.45, 2.75) is 24.7 Å². The van der Waals surface area contributed by atoms with Crippen LogP contribution in [0.3, 0.4) is 0 Å². The molecule has 1 rings (SSSR count). The van der Waals surface area contributed by atoms with Gasteiger partial charge in [0.1, 0.15) is 10.6 Å². The van der Waals surface area contributed by atoms with Crippen LogP contribution in [0.25, 0.3) is 0 Å². The number of methoxy groups -OCH3 is 1. The molecule has 0 bridgehead atoms. The maximum atomic E-state index is 10.9. The summed E-state index contributed by atoms with van der Waals surface area (Å²) in [5, 5.41) is 0. The van der Waals surface area contributed by atoms with E-state index in [1.54, 1.807) is 12.1 Å². The van der Waals surface area contributed by atoms with E-state index in [0.29, 0.717) is 16.6 Å². The highest BCUT2D eigenvalue weighted by Gasteiger charge is 2.10. The molecular formula is C10H14O3S. The number of benzene rings is 1. The quantitative estimate of drug-likeness (QED) is 0.786. The topological polar surface area (TPSA) is 46.5 Å². The molecule has 1 unspecified atom stereocenters. The van der Waals surface area contributed by atoms with E-state index in [1.807, 2.05) is 6.07 Å². The van der Waals surface area contributed by atoms with Crippen LogP contribution in [0.5, 0.6) is 5.75 Å². The summed E-state index contributed by atoms with van der Waals surface area (Å²) in [6.07, 6.45) is 0. The summed E-state index contributed by atoms with van der Waals surface area (Å²) in [4.78, 5) is 0.317. The average Bonchev–Trinajstić information content (AvgIpc) is 2.16. The van der Waals surface area contributed by atoms with Gasteiger partial charge >= 0.3 is 0 Å². The van der Waals surface area contributed by atoms with Gasteiger partial charge in [0.15, 0.2) is 11.1 Å². The van der Waals surface area contributed by atoms with Crippen molar-refractivity contribution in [3.63, 3.8) is 0 Å². The van der Waals surface area contributed by atoms with Crippen LogP contribution in [0.4, 0.5) is 0 Å². The van der Waals surface area contributed by atoms with E-state index in [2.05, 4.69) is 13.8 Å². The van der Waals surface area contributed by atoms with Crippen LogP contribution in [-0.4, -0.2) is 15.9 Å². The van der Waals surface area contributed by atoms with Gasteiger partial charge in [-0.2, -0.15) is 0 Å². The molecule has 0 aliphatic heterocycles. The highest BCUT2D eigenvalue weighted by molar-refractivity contribution is 7.79. The minimum absolute atomic E-state index is 0.317. The second-order valence-corrected chi connectivity index (χ2v) is 4.25. The van der Waals surface area contributed by atoms with Gasteiger partial charge in [-0.05, 0) is 23.6 Å². The Bertz CT molecular complexity index is 347. The zero-order valence-electron chi connectivity index (χ0n) is 8.48. The molecule has 1 aromatic carbocycles. The van der Waals surface area contributed by atoms with Crippen molar-refractivity contribution in [1.29, 1.82) is 0 Å².